The Morgan fingerprint density at radius 3 is 2.71 bits per heavy atom. The van der Waals surface area contributed by atoms with Gasteiger partial charge < -0.3 is 25.3 Å². The molecule has 4 aromatic rings. The average Bonchev–Trinajstić information content (AvgIpc) is 3.27. The molecule has 0 bridgehead atoms. The van der Waals surface area contributed by atoms with Crippen LogP contribution in [0, 0.1) is 0 Å². The second kappa shape index (κ2) is 11.7. The predicted octanol–water partition coefficient (Wildman–Crippen LogP) is 3.02. The van der Waals surface area contributed by atoms with Gasteiger partial charge in [0.1, 0.15) is 17.3 Å². The first-order chi connectivity index (χ1) is 17.1. The van der Waals surface area contributed by atoms with Crippen LogP contribution in [0.15, 0.2) is 67.3 Å². The van der Waals surface area contributed by atoms with Gasteiger partial charge in [0.2, 0.25) is 0 Å². The first kappa shape index (κ1) is 23.8. The molecule has 0 fully saturated rings. The third-order valence-corrected chi connectivity index (χ3v) is 4.78. The number of methoxy groups -OCH3 is 1. The molecule has 0 atom stereocenters. The Bertz CT molecular complexity index is 1260. The zero-order chi connectivity index (χ0) is 24.5. The molecule has 4 heterocycles. The van der Waals surface area contributed by atoms with E-state index in [1.807, 2.05) is 18.2 Å². The summed E-state index contributed by atoms with van der Waals surface area (Å²) in [5.74, 6) is 0.552. The van der Waals surface area contributed by atoms with Gasteiger partial charge in [0, 0.05) is 38.0 Å². The van der Waals surface area contributed by atoms with Crippen LogP contribution in [0.5, 0.6) is 11.5 Å². The molecule has 35 heavy (non-hydrogen) atoms. The molecule has 0 aliphatic heterocycles. The van der Waals surface area contributed by atoms with Gasteiger partial charge in [-0.25, -0.2) is 9.97 Å². The van der Waals surface area contributed by atoms with Gasteiger partial charge in [0.15, 0.2) is 11.4 Å². The van der Waals surface area contributed by atoms with Crippen molar-refractivity contribution in [1.82, 2.24) is 24.7 Å². The van der Waals surface area contributed by atoms with Crippen molar-refractivity contribution in [3.8, 4) is 22.9 Å². The fraction of sp³-hybridized carbons (Fsp3) is 0.208. The highest BCUT2D eigenvalue weighted by molar-refractivity contribution is 6.06. The Hall–Kier alpha value is -4.35. The molecule has 0 spiro atoms. The first-order valence-corrected chi connectivity index (χ1v) is 10.9. The van der Waals surface area contributed by atoms with Gasteiger partial charge in [-0.3, -0.25) is 14.5 Å². The molecule has 4 aromatic heterocycles. The first-order valence-electron chi connectivity index (χ1n) is 10.9. The Labute approximate surface area is 201 Å². The molecule has 11 heteroatoms. The lowest BCUT2D eigenvalue weighted by atomic mass is 10.2. The number of rotatable bonds is 11. The summed E-state index contributed by atoms with van der Waals surface area (Å²) in [6.45, 7) is 1.93. The van der Waals surface area contributed by atoms with Gasteiger partial charge in [-0.2, -0.15) is 5.10 Å². The van der Waals surface area contributed by atoms with E-state index in [0.717, 1.165) is 0 Å². The van der Waals surface area contributed by atoms with Crippen molar-refractivity contribution in [2.75, 3.05) is 38.0 Å². The number of anilines is 2. The summed E-state index contributed by atoms with van der Waals surface area (Å²) < 4.78 is 18.1. The second-order valence-corrected chi connectivity index (χ2v) is 7.30. The minimum Gasteiger partial charge on any atom is -0.455 e. The van der Waals surface area contributed by atoms with Crippen molar-refractivity contribution in [2.24, 2.45) is 0 Å². The van der Waals surface area contributed by atoms with Crippen molar-refractivity contribution in [3.05, 3.63) is 72.9 Å². The van der Waals surface area contributed by atoms with Crippen molar-refractivity contribution < 1.29 is 19.0 Å². The molecule has 0 aromatic carbocycles. The van der Waals surface area contributed by atoms with Crippen LogP contribution in [-0.2, 0) is 16.0 Å². The third-order valence-electron chi connectivity index (χ3n) is 4.78. The normalized spacial score (nSPS) is 10.8. The molecule has 11 nitrogen and oxygen atoms in total. The van der Waals surface area contributed by atoms with E-state index >= 15 is 0 Å². The quantitative estimate of drug-likeness (QED) is 0.313. The number of hydrogen-bond acceptors (Lipinski definition) is 9. The number of nitrogen functional groups attached to an aromatic ring is 1. The Balaban J connectivity index is 1.55. The molecule has 0 radical (unpaired) electrons. The maximum Gasteiger partial charge on any atom is 0.278 e. The van der Waals surface area contributed by atoms with Crippen molar-refractivity contribution in [1.29, 1.82) is 0 Å². The fourth-order valence-corrected chi connectivity index (χ4v) is 3.17. The maximum atomic E-state index is 13.2. The molecular weight excluding hydrogens is 450 g/mol. The van der Waals surface area contributed by atoms with Crippen molar-refractivity contribution in [2.45, 2.75) is 6.54 Å². The number of pyridine rings is 3. The van der Waals surface area contributed by atoms with E-state index in [0.29, 0.717) is 55.0 Å². The number of amides is 1. The number of nitrogens with two attached hydrogens (primary N) is 1. The van der Waals surface area contributed by atoms with Gasteiger partial charge in [0.05, 0.1) is 37.7 Å². The summed E-state index contributed by atoms with van der Waals surface area (Å²) in [5.41, 5.74) is 7.45. The van der Waals surface area contributed by atoms with Crippen LogP contribution in [0.25, 0.3) is 11.4 Å². The molecule has 0 saturated carbocycles. The van der Waals surface area contributed by atoms with Crippen LogP contribution in [0.1, 0.15) is 10.5 Å². The lowest BCUT2D eigenvalue weighted by Gasteiger charge is -2.10. The predicted molar refractivity (Wildman–Crippen MR) is 129 cm³/mol. The van der Waals surface area contributed by atoms with Gasteiger partial charge >= 0.3 is 0 Å². The number of hydrogen-bond donors (Lipinski definition) is 2. The highest BCUT2D eigenvalue weighted by Gasteiger charge is 2.20. The average molecular weight is 476 g/mol. The van der Waals surface area contributed by atoms with E-state index in [9.17, 15) is 4.79 Å². The van der Waals surface area contributed by atoms with Gasteiger partial charge in [-0.15, -0.1) is 0 Å². The standard InChI is InChI=1S/C24H25N7O4/c1-33-13-14-34-12-11-31-16-19(22(30-31)18-5-2-3-8-26-18)29-24(32)23-20(6-4-9-28-23)35-17-7-10-27-21(25)15-17/h2-10,15-16H,11-14H2,1H3,(H2,25,27)(H,29,32). The zero-order valence-electron chi connectivity index (χ0n) is 19.1. The molecule has 3 N–H and O–H groups in total. The Kier molecular flexibility index (Phi) is 7.94. The molecule has 4 rings (SSSR count). The van der Waals surface area contributed by atoms with Crippen LogP contribution in [-0.4, -0.2) is 57.6 Å². The number of nitrogens with one attached hydrogen (secondary N) is 1. The fourth-order valence-electron chi connectivity index (χ4n) is 3.17. The minimum atomic E-state index is -0.462. The SMILES string of the molecule is COCCOCCn1cc(NC(=O)c2ncccc2Oc2ccnc(N)c2)c(-c2ccccn2)n1. The van der Waals surface area contributed by atoms with Crippen LogP contribution >= 0.6 is 0 Å². The minimum absolute atomic E-state index is 0.102. The summed E-state index contributed by atoms with van der Waals surface area (Å²) in [6, 6.07) is 12.0. The molecule has 0 aliphatic rings. The van der Waals surface area contributed by atoms with Gasteiger partial charge in [-0.05, 0) is 30.3 Å². The number of aromatic nitrogens is 5. The lowest BCUT2D eigenvalue weighted by Crippen LogP contribution is -2.15. The summed E-state index contributed by atoms with van der Waals surface area (Å²) in [5, 5.41) is 7.49. The van der Waals surface area contributed by atoms with Gasteiger partial charge in [0.25, 0.3) is 5.91 Å². The third kappa shape index (κ3) is 6.37. The summed E-state index contributed by atoms with van der Waals surface area (Å²) in [4.78, 5) is 25.8. The number of nitrogens with zero attached hydrogens (tertiary/aromatic N) is 5. The summed E-state index contributed by atoms with van der Waals surface area (Å²) in [6.07, 6.45) is 6.43. The van der Waals surface area contributed by atoms with E-state index in [1.165, 1.54) is 12.4 Å². The van der Waals surface area contributed by atoms with Crippen LogP contribution in [0.2, 0.25) is 0 Å². The van der Waals surface area contributed by atoms with Gasteiger partial charge in [-0.1, -0.05) is 6.07 Å². The highest BCUT2D eigenvalue weighted by Crippen LogP contribution is 2.28. The Morgan fingerprint density at radius 1 is 1.03 bits per heavy atom. The van der Waals surface area contributed by atoms with Crippen LogP contribution in [0.4, 0.5) is 11.5 Å². The Morgan fingerprint density at radius 2 is 1.91 bits per heavy atom. The van der Waals surface area contributed by atoms with Crippen LogP contribution < -0.4 is 15.8 Å². The topological polar surface area (TPSA) is 139 Å². The summed E-state index contributed by atoms with van der Waals surface area (Å²) in [7, 11) is 1.62. The monoisotopic (exact) mass is 475 g/mol. The molecule has 1 amide bonds. The smallest absolute Gasteiger partial charge is 0.278 e. The number of carbonyl (C=O) groups excluding carboxylic acids is 1. The zero-order valence-corrected chi connectivity index (χ0v) is 19.1. The van der Waals surface area contributed by atoms with E-state index < -0.39 is 5.91 Å². The molecule has 0 aliphatic carbocycles. The second-order valence-electron chi connectivity index (χ2n) is 7.30. The van der Waals surface area contributed by atoms with Crippen molar-refractivity contribution in [3.63, 3.8) is 0 Å². The van der Waals surface area contributed by atoms with E-state index in [4.69, 9.17) is 19.9 Å². The molecule has 0 unspecified atom stereocenters. The maximum absolute atomic E-state index is 13.2. The molecule has 180 valence electrons. The number of carbonyl (C=O) groups is 1. The lowest BCUT2D eigenvalue weighted by molar-refractivity contribution is 0.0654. The van der Waals surface area contributed by atoms with E-state index in [-0.39, 0.29) is 11.4 Å². The van der Waals surface area contributed by atoms with Crippen LogP contribution in [0.3, 0.4) is 0 Å². The molecular formula is C24H25N7O4. The molecule has 0 saturated heterocycles. The van der Waals surface area contributed by atoms with Crippen molar-refractivity contribution >= 4 is 17.4 Å². The largest absolute Gasteiger partial charge is 0.455 e. The van der Waals surface area contributed by atoms with E-state index in [1.54, 1.807) is 48.5 Å². The number of ether oxygens (including phenoxy) is 3. The highest BCUT2D eigenvalue weighted by atomic mass is 16.5. The van der Waals surface area contributed by atoms with E-state index in [2.05, 4.69) is 25.4 Å². The summed E-state index contributed by atoms with van der Waals surface area (Å²) >= 11 is 0.